The minimum Gasteiger partial charge on any atom is -0.491 e. The largest absolute Gasteiger partial charge is 0.491 e. The van der Waals surface area contributed by atoms with E-state index >= 15 is 0 Å². The molecule has 2 heteroatoms. The third-order valence-electron chi connectivity index (χ3n) is 5.76. The SMILES string of the molecule is CC(C)Oc1ccccc1C(O)C1C2C3CCC(C3)C21. The van der Waals surface area contributed by atoms with Crippen molar-refractivity contribution in [2.45, 2.75) is 45.3 Å². The number of aliphatic hydroxyl groups excluding tert-OH is 1. The summed E-state index contributed by atoms with van der Waals surface area (Å²) in [6, 6.07) is 8.04. The van der Waals surface area contributed by atoms with Crippen LogP contribution in [0.3, 0.4) is 0 Å². The predicted octanol–water partition coefficient (Wildman–Crippen LogP) is 3.80. The van der Waals surface area contributed by atoms with Crippen molar-refractivity contribution >= 4 is 0 Å². The van der Waals surface area contributed by atoms with E-state index in [0.29, 0.717) is 5.92 Å². The van der Waals surface area contributed by atoms with Gasteiger partial charge in [-0.1, -0.05) is 18.2 Å². The van der Waals surface area contributed by atoms with Gasteiger partial charge in [0.15, 0.2) is 0 Å². The highest BCUT2D eigenvalue weighted by molar-refractivity contribution is 5.37. The van der Waals surface area contributed by atoms with Crippen molar-refractivity contribution in [3.63, 3.8) is 0 Å². The van der Waals surface area contributed by atoms with Gasteiger partial charge in [0.25, 0.3) is 0 Å². The Balaban J connectivity index is 1.56. The average molecular weight is 272 g/mol. The highest BCUT2D eigenvalue weighted by Crippen LogP contribution is 2.72. The van der Waals surface area contributed by atoms with E-state index in [1.54, 1.807) is 0 Å². The smallest absolute Gasteiger partial charge is 0.125 e. The summed E-state index contributed by atoms with van der Waals surface area (Å²) in [7, 11) is 0. The van der Waals surface area contributed by atoms with E-state index in [2.05, 4.69) is 0 Å². The lowest BCUT2D eigenvalue weighted by molar-refractivity contribution is 0.123. The molecule has 108 valence electrons. The zero-order valence-corrected chi connectivity index (χ0v) is 12.3. The summed E-state index contributed by atoms with van der Waals surface area (Å²) in [4.78, 5) is 0. The molecular formula is C18H24O2. The van der Waals surface area contributed by atoms with Crippen LogP contribution in [0, 0.1) is 29.6 Å². The molecule has 0 radical (unpaired) electrons. The fourth-order valence-corrected chi connectivity index (χ4v) is 5.11. The number of ether oxygens (including phenoxy) is 1. The third-order valence-corrected chi connectivity index (χ3v) is 5.76. The molecule has 3 saturated carbocycles. The van der Waals surface area contributed by atoms with Gasteiger partial charge in [0.1, 0.15) is 5.75 Å². The summed E-state index contributed by atoms with van der Waals surface area (Å²) in [5, 5.41) is 10.8. The van der Waals surface area contributed by atoms with Crippen LogP contribution >= 0.6 is 0 Å². The number of aliphatic hydroxyl groups is 1. The Morgan fingerprint density at radius 1 is 1.10 bits per heavy atom. The molecule has 0 amide bonds. The van der Waals surface area contributed by atoms with Crippen LogP contribution in [0.4, 0.5) is 0 Å². The molecule has 2 nitrogen and oxygen atoms in total. The predicted molar refractivity (Wildman–Crippen MR) is 78.5 cm³/mol. The van der Waals surface area contributed by atoms with Gasteiger partial charge in [0.2, 0.25) is 0 Å². The highest BCUT2D eigenvalue weighted by Gasteiger charge is 2.66. The van der Waals surface area contributed by atoms with Crippen LogP contribution in [0.5, 0.6) is 5.75 Å². The molecule has 5 atom stereocenters. The second-order valence-corrected chi connectivity index (χ2v) is 7.21. The Morgan fingerprint density at radius 2 is 1.75 bits per heavy atom. The topological polar surface area (TPSA) is 29.5 Å². The second kappa shape index (κ2) is 4.49. The molecule has 0 aliphatic heterocycles. The third kappa shape index (κ3) is 1.81. The van der Waals surface area contributed by atoms with Gasteiger partial charge in [-0.15, -0.1) is 0 Å². The van der Waals surface area contributed by atoms with Crippen LogP contribution in [-0.4, -0.2) is 11.2 Å². The molecule has 4 rings (SSSR count). The van der Waals surface area contributed by atoms with Gasteiger partial charge in [-0.25, -0.2) is 0 Å². The van der Waals surface area contributed by atoms with Crippen molar-refractivity contribution in [2.24, 2.45) is 29.6 Å². The summed E-state index contributed by atoms with van der Waals surface area (Å²) < 4.78 is 5.88. The maximum Gasteiger partial charge on any atom is 0.125 e. The fourth-order valence-electron chi connectivity index (χ4n) is 5.11. The summed E-state index contributed by atoms with van der Waals surface area (Å²) in [5.41, 5.74) is 1.00. The van der Waals surface area contributed by atoms with Crippen LogP contribution in [0.2, 0.25) is 0 Å². The molecule has 1 aromatic rings. The highest BCUT2D eigenvalue weighted by atomic mass is 16.5. The lowest BCUT2D eigenvalue weighted by Crippen LogP contribution is -2.12. The summed E-state index contributed by atoms with van der Waals surface area (Å²) in [5.74, 6) is 4.78. The first-order valence-corrected chi connectivity index (χ1v) is 8.10. The van der Waals surface area contributed by atoms with Crippen LogP contribution < -0.4 is 4.74 Å². The fraction of sp³-hybridized carbons (Fsp3) is 0.667. The van der Waals surface area contributed by atoms with Gasteiger partial charge in [-0.3, -0.25) is 0 Å². The first-order valence-electron chi connectivity index (χ1n) is 8.10. The minimum absolute atomic E-state index is 0.151. The molecule has 5 unspecified atom stereocenters. The second-order valence-electron chi connectivity index (χ2n) is 7.21. The van der Waals surface area contributed by atoms with Crippen molar-refractivity contribution in [1.29, 1.82) is 0 Å². The zero-order chi connectivity index (χ0) is 13.9. The van der Waals surface area contributed by atoms with E-state index in [-0.39, 0.29) is 12.2 Å². The number of hydrogen-bond donors (Lipinski definition) is 1. The van der Waals surface area contributed by atoms with Crippen LogP contribution in [0.25, 0.3) is 0 Å². The van der Waals surface area contributed by atoms with Gasteiger partial charge >= 0.3 is 0 Å². The quantitative estimate of drug-likeness (QED) is 0.903. The van der Waals surface area contributed by atoms with Gasteiger partial charge in [0.05, 0.1) is 12.2 Å². The Labute approximate surface area is 121 Å². The molecule has 0 saturated heterocycles. The van der Waals surface area contributed by atoms with Crippen LogP contribution in [0.1, 0.15) is 44.8 Å². The molecule has 2 bridgehead atoms. The number of benzene rings is 1. The van der Waals surface area contributed by atoms with Crippen LogP contribution in [0.15, 0.2) is 24.3 Å². The van der Waals surface area contributed by atoms with Gasteiger partial charge in [-0.2, -0.15) is 0 Å². The van der Waals surface area contributed by atoms with Gasteiger partial charge in [0, 0.05) is 5.56 Å². The van der Waals surface area contributed by atoms with Crippen molar-refractivity contribution in [1.82, 2.24) is 0 Å². The summed E-state index contributed by atoms with van der Waals surface area (Å²) in [6.45, 7) is 4.07. The Hall–Kier alpha value is -1.02. The summed E-state index contributed by atoms with van der Waals surface area (Å²) >= 11 is 0. The Kier molecular flexibility index (Phi) is 2.85. The number of rotatable bonds is 4. The molecule has 0 aromatic heterocycles. The first-order chi connectivity index (χ1) is 9.66. The molecule has 1 aromatic carbocycles. The lowest BCUT2D eigenvalue weighted by atomic mass is 9.94. The molecule has 1 N–H and O–H groups in total. The van der Waals surface area contributed by atoms with E-state index in [0.717, 1.165) is 35.0 Å². The molecule has 3 aliphatic rings. The molecule has 3 aliphatic carbocycles. The molecule has 0 spiro atoms. The minimum atomic E-state index is -0.330. The molecule has 20 heavy (non-hydrogen) atoms. The van der Waals surface area contributed by atoms with Crippen molar-refractivity contribution in [3.05, 3.63) is 29.8 Å². The maximum absolute atomic E-state index is 10.8. The summed E-state index contributed by atoms with van der Waals surface area (Å²) in [6.07, 6.45) is 4.06. The molecule has 3 fully saturated rings. The molecule has 0 heterocycles. The van der Waals surface area contributed by atoms with Gasteiger partial charge in [-0.05, 0) is 68.8 Å². The molecular weight excluding hydrogens is 248 g/mol. The first kappa shape index (κ1) is 12.7. The van der Waals surface area contributed by atoms with E-state index in [1.807, 2.05) is 38.1 Å². The Morgan fingerprint density at radius 3 is 2.40 bits per heavy atom. The maximum atomic E-state index is 10.8. The zero-order valence-electron chi connectivity index (χ0n) is 12.3. The van der Waals surface area contributed by atoms with E-state index in [1.165, 1.54) is 19.3 Å². The van der Waals surface area contributed by atoms with E-state index in [9.17, 15) is 5.11 Å². The lowest BCUT2D eigenvalue weighted by Gasteiger charge is -2.20. The monoisotopic (exact) mass is 272 g/mol. The van der Waals surface area contributed by atoms with E-state index < -0.39 is 0 Å². The Bertz CT molecular complexity index is 494. The van der Waals surface area contributed by atoms with Crippen molar-refractivity contribution < 1.29 is 9.84 Å². The number of fused-ring (bicyclic) bond motifs is 5. The van der Waals surface area contributed by atoms with Crippen LogP contribution in [-0.2, 0) is 0 Å². The van der Waals surface area contributed by atoms with E-state index in [4.69, 9.17) is 4.74 Å². The standard InChI is InChI=1S/C18H24O2/c1-10(2)20-14-6-4-3-5-13(14)18(19)17-15-11-7-8-12(9-11)16(15)17/h3-6,10-12,15-19H,7-9H2,1-2H3. The van der Waals surface area contributed by atoms with Crippen molar-refractivity contribution in [2.75, 3.05) is 0 Å². The average Bonchev–Trinajstić information content (AvgIpc) is 2.86. The van der Waals surface area contributed by atoms with Crippen molar-refractivity contribution in [3.8, 4) is 5.75 Å². The number of para-hydroxylation sites is 1. The number of hydrogen-bond acceptors (Lipinski definition) is 2. The normalized spacial score (nSPS) is 38.9. The van der Waals surface area contributed by atoms with Gasteiger partial charge < -0.3 is 9.84 Å².